The van der Waals surface area contributed by atoms with Gasteiger partial charge in [0.1, 0.15) is 0 Å². The molecular weight excluding hydrogens is 543 g/mol. The van der Waals surface area contributed by atoms with Gasteiger partial charge in [0, 0.05) is 0 Å². The molecule has 0 amide bonds. The summed E-state index contributed by atoms with van der Waals surface area (Å²) in [7, 11) is 0. The van der Waals surface area contributed by atoms with Crippen molar-refractivity contribution in [2.75, 3.05) is 0 Å². The number of hydrogen-bond donors (Lipinski definition) is 0. The molecule has 0 fully saturated rings. The van der Waals surface area contributed by atoms with E-state index in [1.807, 2.05) is 113 Å². The van der Waals surface area contributed by atoms with Gasteiger partial charge in [-0.1, -0.05) is 0 Å². The van der Waals surface area contributed by atoms with Gasteiger partial charge in [0.05, 0.1) is 0 Å². The van der Waals surface area contributed by atoms with E-state index < -0.39 is 31.1 Å². The normalized spacial score (nSPS) is 11.1. The van der Waals surface area contributed by atoms with E-state index in [0.29, 0.717) is 11.1 Å². The van der Waals surface area contributed by atoms with E-state index in [2.05, 4.69) is 0 Å². The third-order valence-corrected chi connectivity index (χ3v) is 15.4. The Bertz CT molecular complexity index is 1260. The van der Waals surface area contributed by atoms with Crippen LogP contribution in [0.3, 0.4) is 0 Å². The molecule has 4 aromatic carbocycles. The zero-order valence-corrected chi connectivity index (χ0v) is 23.2. The van der Waals surface area contributed by atoms with Crippen LogP contribution in [0.1, 0.15) is 43.0 Å². The molecule has 0 N–H and O–H groups in total. The van der Waals surface area contributed by atoms with Crippen LogP contribution < -0.4 is 7.16 Å². The van der Waals surface area contributed by atoms with Crippen molar-refractivity contribution in [3.05, 3.63) is 130 Å². The summed E-state index contributed by atoms with van der Waals surface area (Å²) in [6.45, 7) is 7.71. The van der Waals surface area contributed by atoms with Gasteiger partial charge in [0.2, 0.25) is 0 Å². The fraction of sp³-hybridized carbons (Fsp3) is 0.133. The van der Waals surface area contributed by atoms with Crippen LogP contribution in [0.2, 0.25) is 0 Å². The van der Waals surface area contributed by atoms with E-state index in [4.69, 9.17) is 6.15 Å². The van der Waals surface area contributed by atoms with Crippen molar-refractivity contribution < 1.29 is 15.7 Å². The van der Waals surface area contributed by atoms with Crippen LogP contribution in [0.15, 0.2) is 97.1 Å². The second-order valence-corrected chi connectivity index (χ2v) is 16.6. The first-order valence-electron chi connectivity index (χ1n) is 11.5. The SMILES string of the molecule is Cc1cccc(C(=O)[O][Sn]([O]C(=O)c2cccc(C)c2C)([c]2ccccc2)[c]2ccccc2)c1C. The van der Waals surface area contributed by atoms with Crippen LogP contribution in [-0.2, 0) is 6.15 Å². The Balaban J connectivity index is 1.89. The van der Waals surface area contributed by atoms with Crippen molar-refractivity contribution in [3.63, 3.8) is 0 Å². The average Bonchev–Trinajstić information content (AvgIpc) is 2.87. The summed E-state index contributed by atoms with van der Waals surface area (Å²) in [6.07, 6.45) is 0. The standard InChI is InChI=1S/2C9H10O2.2C6H5.Sn/c2*1-6-4-3-5-8(7(6)2)9(10)11;2*1-2-4-6-5-3-1;/h2*3-5H,1-2H3,(H,10,11);2*1-5H;/q;;;;+2/p-2. The molecule has 4 nitrogen and oxygen atoms in total. The van der Waals surface area contributed by atoms with Crippen molar-refractivity contribution in [1.82, 2.24) is 0 Å². The number of benzene rings is 4. The molecule has 0 aromatic heterocycles. The summed E-state index contributed by atoms with van der Waals surface area (Å²) in [5.41, 5.74) is 4.62. The van der Waals surface area contributed by atoms with Crippen LogP contribution in [-0.4, -0.2) is 31.1 Å². The van der Waals surface area contributed by atoms with Gasteiger partial charge in [-0.25, -0.2) is 0 Å². The van der Waals surface area contributed by atoms with E-state index in [1.165, 1.54) is 0 Å². The fourth-order valence-corrected chi connectivity index (χ4v) is 12.2. The molecule has 35 heavy (non-hydrogen) atoms. The van der Waals surface area contributed by atoms with Gasteiger partial charge in [-0.3, -0.25) is 0 Å². The predicted octanol–water partition coefficient (Wildman–Crippen LogP) is 5.19. The molecule has 0 spiro atoms. The second-order valence-electron chi connectivity index (χ2n) is 8.62. The van der Waals surface area contributed by atoms with Gasteiger partial charge < -0.3 is 0 Å². The van der Waals surface area contributed by atoms with Crippen molar-refractivity contribution in [2.45, 2.75) is 27.7 Å². The third kappa shape index (κ3) is 5.03. The molecule has 0 radical (unpaired) electrons. The molecule has 0 saturated heterocycles. The van der Waals surface area contributed by atoms with Crippen molar-refractivity contribution >= 4 is 38.3 Å². The summed E-state index contributed by atoms with van der Waals surface area (Å²) in [6, 6.07) is 29.9. The molecule has 176 valence electrons. The maximum atomic E-state index is 13.7. The fourth-order valence-electron chi connectivity index (χ4n) is 4.05. The van der Waals surface area contributed by atoms with Gasteiger partial charge in [-0.05, 0) is 0 Å². The molecule has 0 heterocycles. The molecule has 0 saturated carbocycles. The molecule has 0 aliphatic heterocycles. The molecule has 0 atom stereocenters. The molecule has 4 aromatic rings. The second kappa shape index (κ2) is 10.5. The van der Waals surface area contributed by atoms with Gasteiger partial charge in [-0.15, -0.1) is 0 Å². The summed E-state index contributed by atoms with van der Waals surface area (Å²) in [4.78, 5) is 27.3. The summed E-state index contributed by atoms with van der Waals surface area (Å²) in [5.74, 6) is -0.966. The van der Waals surface area contributed by atoms with E-state index >= 15 is 0 Å². The summed E-state index contributed by atoms with van der Waals surface area (Å²) < 4.78 is 14.3. The zero-order valence-electron chi connectivity index (χ0n) is 20.4. The average molecular weight is 571 g/mol. The molecule has 0 aliphatic rings. The Labute approximate surface area is 211 Å². The number of aryl methyl sites for hydroxylation is 2. The Morgan fingerprint density at radius 3 is 1.26 bits per heavy atom. The Morgan fingerprint density at radius 2 is 0.886 bits per heavy atom. The number of carbonyl (C=O) groups is 2. The number of rotatable bonds is 6. The van der Waals surface area contributed by atoms with Crippen molar-refractivity contribution in [2.24, 2.45) is 0 Å². The molecule has 0 bridgehead atoms. The molecule has 4 rings (SSSR count). The summed E-state index contributed by atoms with van der Waals surface area (Å²) in [5, 5.41) is 0. The quantitative estimate of drug-likeness (QED) is 0.299. The maximum absolute atomic E-state index is 13.7. The Kier molecular flexibility index (Phi) is 7.41. The zero-order chi connectivity index (χ0) is 25.0. The predicted molar refractivity (Wildman–Crippen MR) is 141 cm³/mol. The monoisotopic (exact) mass is 572 g/mol. The van der Waals surface area contributed by atoms with E-state index in [1.54, 1.807) is 12.1 Å². The molecular formula is C30H28O4Sn. The number of carbonyl (C=O) groups excluding carboxylic acids is 2. The topological polar surface area (TPSA) is 52.6 Å². The molecule has 0 unspecified atom stereocenters. The van der Waals surface area contributed by atoms with Crippen LogP contribution >= 0.6 is 0 Å². The third-order valence-electron chi connectivity index (χ3n) is 6.43. The minimum atomic E-state index is -4.86. The van der Waals surface area contributed by atoms with Gasteiger partial charge in [0.25, 0.3) is 0 Å². The Hall–Kier alpha value is -3.38. The number of hydrogen-bond acceptors (Lipinski definition) is 4. The summed E-state index contributed by atoms with van der Waals surface area (Å²) >= 11 is -4.86. The van der Waals surface area contributed by atoms with E-state index in [0.717, 1.165) is 29.4 Å². The van der Waals surface area contributed by atoms with Crippen LogP contribution in [0.25, 0.3) is 0 Å². The van der Waals surface area contributed by atoms with Gasteiger partial charge in [0.15, 0.2) is 0 Å². The van der Waals surface area contributed by atoms with Crippen molar-refractivity contribution in [1.29, 1.82) is 0 Å². The molecule has 5 heteroatoms. The van der Waals surface area contributed by atoms with Crippen LogP contribution in [0, 0.1) is 27.7 Å². The van der Waals surface area contributed by atoms with Gasteiger partial charge >= 0.3 is 212 Å². The first-order chi connectivity index (χ1) is 16.8. The van der Waals surface area contributed by atoms with Gasteiger partial charge in [-0.2, -0.15) is 0 Å². The first-order valence-corrected chi connectivity index (χ1v) is 16.7. The van der Waals surface area contributed by atoms with E-state index in [-0.39, 0.29) is 0 Å². The van der Waals surface area contributed by atoms with E-state index in [9.17, 15) is 9.59 Å². The molecule has 0 aliphatic carbocycles. The Morgan fingerprint density at radius 1 is 0.514 bits per heavy atom. The van der Waals surface area contributed by atoms with Crippen LogP contribution in [0.5, 0.6) is 0 Å². The van der Waals surface area contributed by atoms with Crippen LogP contribution in [0.4, 0.5) is 0 Å². The minimum absolute atomic E-state index is 0.473. The van der Waals surface area contributed by atoms with Crippen molar-refractivity contribution in [3.8, 4) is 0 Å². The first kappa shape index (κ1) is 24.7.